The molecule has 0 aliphatic rings. The van der Waals surface area contributed by atoms with Crippen molar-refractivity contribution in [2.24, 2.45) is 0 Å². The van der Waals surface area contributed by atoms with Crippen molar-refractivity contribution in [2.75, 3.05) is 0 Å². The van der Waals surface area contributed by atoms with Crippen molar-refractivity contribution in [3.05, 3.63) is 147 Å². The molecule has 0 heterocycles. The Kier molecular flexibility index (Phi) is 16.0. The smallest absolute Gasteiger partial charge is 0.537 e. The summed E-state index contributed by atoms with van der Waals surface area (Å²) in [5, 5.41) is 8.20. The zero-order chi connectivity index (χ0) is 57.2. The van der Waals surface area contributed by atoms with Gasteiger partial charge in [-0.25, -0.2) is 0 Å². The van der Waals surface area contributed by atoms with Gasteiger partial charge < -0.3 is 9.68 Å². The first-order valence-electron chi connectivity index (χ1n) is 18.7. The van der Waals surface area contributed by atoms with Gasteiger partial charge in [0, 0.05) is 0 Å². The molecule has 0 fully saturated rings. The van der Waals surface area contributed by atoms with Crippen LogP contribution in [-0.4, -0.2) is 18.9 Å². The monoisotopic (exact) mass is 1120 g/mol. The van der Waals surface area contributed by atoms with Crippen molar-refractivity contribution in [3.63, 3.8) is 0 Å². The van der Waals surface area contributed by atoms with E-state index in [0.29, 0.717) is 12.1 Å². The summed E-state index contributed by atoms with van der Waals surface area (Å²) < 4.78 is 419. The number of hydrogen-bond acceptors (Lipinski definition) is 2. The molecule has 0 atom stereocenters. The van der Waals surface area contributed by atoms with Crippen LogP contribution in [0.3, 0.4) is 0 Å². The van der Waals surface area contributed by atoms with Crippen LogP contribution in [-0.2, 0) is 61.8 Å². The highest BCUT2D eigenvalue weighted by Crippen LogP contribution is 2.42. The van der Waals surface area contributed by atoms with Crippen molar-refractivity contribution >= 4 is 35.7 Å². The molecular formula is C40H16B2F30O2-. The second-order valence-corrected chi connectivity index (χ2v) is 15.2. The number of rotatable bonds is 6. The third kappa shape index (κ3) is 14.0. The van der Waals surface area contributed by atoms with Crippen LogP contribution in [0.2, 0.25) is 0 Å². The molecular weight excluding hydrogens is 1100 g/mol. The minimum atomic E-state index is -6.13. The lowest BCUT2D eigenvalue weighted by Gasteiger charge is -2.46. The molecule has 0 aliphatic heterocycles. The Bertz CT molecular complexity index is 2350. The van der Waals surface area contributed by atoms with Gasteiger partial charge in [-0.05, 0) is 42.5 Å². The lowest BCUT2D eigenvalue weighted by Crippen LogP contribution is -2.75. The van der Waals surface area contributed by atoms with Gasteiger partial charge in [0.2, 0.25) is 0 Å². The Balaban J connectivity index is 0.000000589. The summed E-state index contributed by atoms with van der Waals surface area (Å²) in [6.45, 7) is 0. The summed E-state index contributed by atoms with van der Waals surface area (Å²) in [5.41, 5.74) is -33.2. The first-order chi connectivity index (χ1) is 32.9. The van der Waals surface area contributed by atoms with E-state index in [2.05, 4.69) is 4.65 Å². The molecule has 405 valence electrons. The van der Waals surface area contributed by atoms with Crippen molar-refractivity contribution < 1.29 is 141 Å². The quantitative estimate of drug-likeness (QED) is 0.136. The molecule has 0 amide bonds. The molecule has 0 spiro atoms. The zero-order valence-electron chi connectivity index (χ0n) is 34.5. The maximum absolute atomic E-state index is 14.2. The highest BCUT2D eigenvalue weighted by molar-refractivity contribution is 7.20. The molecule has 5 aromatic carbocycles. The van der Waals surface area contributed by atoms with Crippen molar-refractivity contribution in [1.29, 1.82) is 0 Å². The van der Waals surface area contributed by atoms with E-state index in [9.17, 15) is 132 Å². The fraction of sp³-hybridized carbons (Fsp3) is 0.250. The number of hydrogen-bond donors (Lipinski definition) is 1. The standard InChI is InChI=1S/C32H12BF24.C8H4BF6O2/c34-25(35,36)13-1-14(26(37,38)39)6-21(5-13)33(22-7-15(27(40,41)42)2-16(8-22)28(43,44)45,23-9-17(29(46,47)48)3-18(10-23)30(49,50)51)24-11-19(31(52,53)54)4-20(12-24)32(55,56)57;10-7(11,12)4-1-5(8(13,14)15)3-6(2-4)17-9-16/h1-12H;1-3,16H/q-1;. The van der Waals surface area contributed by atoms with Gasteiger partial charge in [0.15, 0.2) is 0 Å². The van der Waals surface area contributed by atoms with Gasteiger partial charge in [-0.1, -0.05) is 48.5 Å². The van der Waals surface area contributed by atoms with Gasteiger partial charge in [-0.2, -0.15) is 154 Å². The van der Waals surface area contributed by atoms with E-state index in [1.165, 1.54) is 0 Å². The van der Waals surface area contributed by atoms with Gasteiger partial charge in [0.1, 0.15) is 11.9 Å². The predicted octanol–water partition coefficient (Wildman–Crippen LogP) is 13.8. The van der Waals surface area contributed by atoms with Gasteiger partial charge in [0.25, 0.3) is 0 Å². The van der Waals surface area contributed by atoms with Gasteiger partial charge in [0.05, 0.1) is 55.6 Å². The van der Waals surface area contributed by atoms with Crippen LogP contribution >= 0.6 is 0 Å². The van der Waals surface area contributed by atoms with Crippen molar-refractivity contribution in [2.45, 2.75) is 61.8 Å². The normalized spacial score (nSPS) is 13.9. The summed E-state index contributed by atoms with van der Waals surface area (Å²) in [6.07, 6.45) is -64.7. The van der Waals surface area contributed by atoms with Crippen LogP contribution in [0.25, 0.3) is 0 Å². The van der Waals surface area contributed by atoms with Crippen LogP contribution in [0.15, 0.2) is 91.0 Å². The fourth-order valence-corrected chi connectivity index (χ4v) is 7.13. The van der Waals surface area contributed by atoms with Gasteiger partial charge in [-0.3, -0.25) is 0 Å². The Morgan fingerprint density at radius 2 is 0.378 bits per heavy atom. The van der Waals surface area contributed by atoms with Crippen LogP contribution in [0.5, 0.6) is 5.75 Å². The molecule has 0 aliphatic carbocycles. The second-order valence-electron chi connectivity index (χ2n) is 15.2. The summed E-state index contributed by atoms with van der Waals surface area (Å²) >= 11 is 0. The van der Waals surface area contributed by atoms with Gasteiger partial charge >= 0.3 is 69.4 Å². The molecule has 0 saturated heterocycles. The lowest BCUT2D eigenvalue weighted by atomic mass is 9.12. The average molecular weight is 1120 g/mol. The number of alkyl halides is 30. The van der Waals surface area contributed by atoms with E-state index >= 15 is 0 Å². The third-order valence-corrected chi connectivity index (χ3v) is 10.2. The molecule has 0 unspecified atom stereocenters. The van der Waals surface area contributed by atoms with E-state index in [4.69, 9.17) is 5.02 Å². The molecule has 1 N–H and O–H groups in total. The molecule has 1 radical (unpaired) electrons. The van der Waals surface area contributed by atoms with Crippen LogP contribution in [0.1, 0.15) is 55.6 Å². The molecule has 2 nitrogen and oxygen atoms in total. The third-order valence-electron chi connectivity index (χ3n) is 10.2. The molecule has 0 bridgehead atoms. The predicted molar refractivity (Wildman–Crippen MR) is 195 cm³/mol. The highest BCUT2D eigenvalue weighted by Gasteiger charge is 2.47. The highest BCUT2D eigenvalue weighted by atomic mass is 19.4. The minimum absolute atomic E-state index is 0.00432. The molecule has 0 aromatic heterocycles. The Hall–Kier alpha value is -6.11. The van der Waals surface area contributed by atoms with E-state index in [1.807, 2.05) is 0 Å². The summed E-state index contributed by atoms with van der Waals surface area (Å²) in [5.74, 6) is -0.755. The minimum Gasteiger partial charge on any atom is -0.537 e. The fourth-order valence-electron chi connectivity index (χ4n) is 7.13. The zero-order valence-corrected chi connectivity index (χ0v) is 34.5. The maximum Gasteiger partial charge on any atom is 0.569 e. The molecule has 5 rings (SSSR count). The maximum atomic E-state index is 14.2. The summed E-state index contributed by atoms with van der Waals surface area (Å²) in [7, 11) is -0.00432. The second kappa shape index (κ2) is 19.5. The molecule has 74 heavy (non-hydrogen) atoms. The first kappa shape index (κ1) is 60.4. The number of halogens is 30. The molecule has 34 heteroatoms. The Morgan fingerprint density at radius 1 is 0.243 bits per heavy atom. The van der Waals surface area contributed by atoms with E-state index in [0.717, 1.165) is 0 Å². The van der Waals surface area contributed by atoms with Crippen molar-refractivity contribution in [1.82, 2.24) is 0 Å². The molecule has 5 aromatic rings. The number of benzene rings is 5. The van der Waals surface area contributed by atoms with Crippen LogP contribution in [0.4, 0.5) is 132 Å². The van der Waals surface area contributed by atoms with E-state index in [1.54, 1.807) is 0 Å². The van der Waals surface area contributed by atoms with Gasteiger partial charge in [-0.15, -0.1) is 0 Å². The lowest BCUT2D eigenvalue weighted by molar-refractivity contribution is -0.144. The average Bonchev–Trinajstić information content (AvgIpc) is 3.21. The Morgan fingerprint density at radius 3 is 0.500 bits per heavy atom. The summed E-state index contributed by atoms with van der Waals surface area (Å²) in [4.78, 5) is 0. The summed E-state index contributed by atoms with van der Waals surface area (Å²) in [6, 6.07) is -8.15. The largest absolute Gasteiger partial charge is 0.569 e. The topological polar surface area (TPSA) is 29.5 Å². The molecule has 0 saturated carbocycles. The van der Waals surface area contributed by atoms with Crippen LogP contribution < -0.4 is 26.5 Å². The Labute approximate surface area is 391 Å². The first-order valence-corrected chi connectivity index (χ1v) is 18.7. The SMILES string of the molecule is FC(F)(F)c1cc([B-](c2cc(C(F)(F)F)cc(C(F)(F)F)c2)(c2cc(C(F)(F)F)cc(C(F)(F)F)c2)c2cc(C(F)(F)F)cc(C(F)(F)F)c2)cc(C(F)(F)F)c1.O[B]Oc1cc(C(F)(F)F)cc(C(F)(F)F)c1. The van der Waals surface area contributed by atoms with E-state index < -0.39 is 224 Å². The van der Waals surface area contributed by atoms with Crippen molar-refractivity contribution in [3.8, 4) is 5.75 Å². The van der Waals surface area contributed by atoms with Crippen LogP contribution in [0, 0.1) is 0 Å². The van der Waals surface area contributed by atoms with E-state index in [-0.39, 0.29) is 13.8 Å².